The van der Waals surface area contributed by atoms with E-state index in [0.29, 0.717) is 11.1 Å². The predicted octanol–water partition coefficient (Wildman–Crippen LogP) is -0.146. The van der Waals surface area contributed by atoms with Gasteiger partial charge < -0.3 is 24.2 Å². The molecule has 5 atom stereocenters. The van der Waals surface area contributed by atoms with Gasteiger partial charge in [0.05, 0.1) is 40.5 Å². The lowest BCUT2D eigenvalue weighted by atomic mass is 9.82. The smallest absolute Gasteiger partial charge is 0.144 e. The number of methoxy groups -OCH3 is 1. The summed E-state index contributed by atoms with van der Waals surface area (Å²) in [5.41, 5.74) is 0. The maximum atomic E-state index is 10.6. The van der Waals surface area contributed by atoms with Crippen molar-refractivity contribution in [3.63, 3.8) is 0 Å². The third kappa shape index (κ3) is 3.22. The Morgan fingerprint density at radius 2 is 1.83 bits per heavy atom. The highest BCUT2D eigenvalue weighted by atomic mass is 16.5. The standard InChI is InChI=1S/C13H28NO4/c1-6-9-10(7-15)18-11(8-17-5)12(13(9)16)14(2,3)4/h9-13,15-16H,6-8H2,1-5H3/q+1. The topological polar surface area (TPSA) is 58.9 Å². The highest BCUT2D eigenvalue weighted by molar-refractivity contribution is 4.92. The molecule has 1 aliphatic heterocycles. The number of hydrogen-bond donors (Lipinski definition) is 2. The highest BCUT2D eigenvalue weighted by Gasteiger charge is 2.50. The van der Waals surface area contributed by atoms with Crippen LogP contribution in [0.15, 0.2) is 0 Å². The molecule has 108 valence electrons. The fourth-order valence-electron chi connectivity index (χ4n) is 3.04. The van der Waals surface area contributed by atoms with Crippen molar-refractivity contribution in [1.82, 2.24) is 0 Å². The first-order valence-corrected chi connectivity index (χ1v) is 6.61. The van der Waals surface area contributed by atoms with Crippen LogP contribution < -0.4 is 0 Å². The summed E-state index contributed by atoms with van der Waals surface area (Å²) in [6.45, 7) is 2.40. The lowest BCUT2D eigenvalue weighted by Gasteiger charge is -2.49. The van der Waals surface area contributed by atoms with Crippen molar-refractivity contribution < 1.29 is 24.2 Å². The number of rotatable bonds is 5. The number of likely N-dealkylation sites (N-methyl/N-ethyl adjacent to an activating group) is 1. The Kier molecular flexibility index (Phi) is 5.55. The molecule has 1 aliphatic rings. The van der Waals surface area contributed by atoms with Gasteiger partial charge in [-0.3, -0.25) is 0 Å². The van der Waals surface area contributed by atoms with Crippen LogP contribution in [-0.4, -0.2) is 80.5 Å². The number of hydrogen-bond acceptors (Lipinski definition) is 4. The molecule has 0 amide bonds. The van der Waals surface area contributed by atoms with Gasteiger partial charge in [0.1, 0.15) is 18.2 Å². The third-order valence-electron chi connectivity index (χ3n) is 3.87. The van der Waals surface area contributed by atoms with Crippen molar-refractivity contribution >= 4 is 0 Å². The number of aliphatic hydroxyl groups is 2. The summed E-state index contributed by atoms with van der Waals surface area (Å²) in [4.78, 5) is 0. The average molecular weight is 262 g/mol. The largest absolute Gasteiger partial charge is 0.394 e. The van der Waals surface area contributed by atoms with Crippen LogP contribution in [0.5, 0.6) is 0 Å². The quantitative estimate of drug-likeness (QED) is 0.677. The zero-order valence-electron chi connectivity index (χ0n) is 12.2. The van der Waals surface area contributed by atoms with Gasteiger partial charge in [0.2, 0.25) is 0 Å². The van der Waals surface area contributed by atoms with Gasteiger partial charge >= 0.3 is 0 Å². The van der Waals surface area contributed by atoms with Gasteiger partial charge in [-0.25, -0.2) is 0 Å². The third-order valence-corrected chi connectivity index (χ3v) is 3.87. The Labute approximate surface area is 110 Å². The zero-order valence-corrected chi connectivity index (χ0v) is 12.2. The van der Waals surface area contributed by atoms with Crippen molar-refractivity contribution in [3.8, 4) is 0 Å². The second-order valence-electron chi connectivity index (χ2n) is 6.02. The Morgan fingerprint density at radius 3 is 2.22 bits per heavy atom. The fraction of sp³-hybridized carbons (Fsp3) is 1.00. The van der Waals surface area contributed by atoms with E-state index in [9.17, 15) is 10.2 Å². The fourth-order valence-corrected chi connectivity index (χ4v) is 3.04. The van der Waals surface area contributed by atoms with Gasteiger partial charge in [-0.15, -0.1) is 0 Å². The molecule has 1 heterocycles. The van der Waals surface area contributed by atoms with Gasteiger partial charge in [0.15, 0.2) is 0 Å². The number of nitrogens with zero attached hydrogens (tertiary/aromatic N) is 1. The summed E-state index contributed by atoms with van der Waals surface area (Å²) >= 11 is 0. The van der Waals surface area contributed by atoms with E-state index in [4.69, 9.17) is 9.47 Å². The van der Waals surface area contributed by atoms with E-state index >= 15 is 0 Å². The summed E-state index contributed by atoms with van der Waals surface area (Å²) in [6, 6.07) is -0.0438. The summed E-state index contributed by atoms with van der Waals surface area (Å²) in [7, 11) is 7.77. The number of aliphatic hydroxyl groups excluding tert-OH is 2. The minimum Gasteiger partial charge on any atom is -0.394 e. The van der Waals surface area contributed by atoms with E-state index in [1.807, 2.05) is 28.1 Å². The molecule has 0 radical (unpaired) electrons. The van der Waals surface area contributed by atoms with Crippen molar-refractivity contribution in [2.24, 2.45) is 5.92 Å². The predicted molar refractivity (Wildman–Crippen MR) is 69.2 cm³/mol. The molecular formula is C13H28NO4+. The van der Waals surface area contributed by atoms with Crippen LogP contribution in [0.4, 0.5) is 0 Å². The molecule has 0 saturated carbocycles. The first kappa shape index (κ1) is 15.9. The average Bonchev–Trinajstić information content (AvgIpc) is 2.26. The Bertz CT molecular complexity index is 252. The van der Waals surface area contributed by atoms with Crippen molar-refractivity contribution in [3.05, 3.63) is 0 Å². The SMILES string of the molecule is CCC1C(CO)OC(COC)C([N+](C)(C)C)C1O. The van der Waals surface area contributed by atoms with Crippen LogP contribution >= 0.6 is 0 Å². The molecule has 18 heavy (non-hydrogen) atoms. The van der Waals surface area contributed by atoms with Crippen LogP contribution in [0, 0.1) is 5.92 Å². The van der Waals surface area contributed by atoms with E-state index in [1.165, 1.54) is 0 Å². The van der Waals surface area contributed by atoms with E-state index in [1.54, 1.807) is 7.11 Å². The first-order chi connectivity index (χ1) is 8.36. The number of quaternary nitrogens is 1. The van der Waals surface area contributed by atoms with Gasteiger partial charge in [0, 0.05) is 13.0 Å². The van der Waals surface area contributed by atoms with E-state index in [0.717, 1.165) is 6.42 Å². The van der Waals surface area contributed by atoms with Crippen LogP contribution in [0.3, 0.4) is 0 Å². The minimum absolute atomic E-state index is 0.0227. The molecule has 1 fully saturated rings. The molecule has 5 heteroatoms. The lowest BCUT2D eigenvalue weighted by molar-refractivity contribution is -0.906. The summed E-state index contributed by atoms with van der Waals surface area (Å²) < 4.78 is 11.7. The van der Waals surface area contributed by atoms with Gasteiger partial charge in [-0.2, -0.15) is 0 Å². The first-order valence-electron chi connectivity index (χ1n) is 6.61. The van der Waals surface area contributed by atoms with Crippen LogP contribution in [0.1, 0.15) is 13.3 Å². The Balaban J connectivity index is 2.96. The van der Waals surface area contributed by atoms with E-state index in [-0.39, 0.29) is 30.8 Å². The molecule has 0 aromatic carbocycles. The molecular weight excluding hydrogens is 234 g/mol. The van der Waals surface area contributed by atoms with Gasteiger partial charge in [-0.05, 0) is 6.42 Å². The molecule has 0 aromatic rings. The molecule has 5 unspecified atom stereocenters. The second kappa shape index (κ2) is 6.30. The van der Waals surface area contributed by atoms with Crippen LogP contribution in [0.2, 0.25) is 0 Å². The molecule has 2 N–H and O–H groups in total. The molecule has 0 bridgehead atoms. The second-order valence-corrected chi connectivity index (χ2v) is 6.02. The van der Waals surface area contributed by atoms with E-state index < -0.39 is 6.10 Å². The lowest BCUT2D eigenvalue weighted by Crippen LogP contribution is -2.66. The van der Waals surface area contributed by atoms with Crippen molar-refractivity contribution in [2.45, 2.75) is 37.7 Å². The number of ether oxygens (including phenoxy) is 2. The van der Waals surface area contributed by atoms with Crippen LogP contribution in [0.25, 0.3) is 0 Å². The monoisotopic (exact) mass is 262 g/mol. The summed E-state index contributed by atoms with van der Waals surface area (Å²) in [6.07, 6.45) is -0.179. The maximum absolute atomic E-state index is 10.6. The summed E-state index contributed by atoms with van der Waals surface area (Å²) in [5, 5.41) is 20.0. The van der Waals surface area contributed by atoms with Crippen LogP contribution in [-0.2, 0) is 9.47 Å². The molecule has 0 aromatic heterocycles. The Hall–Kier alpha value is -0.200. The molecule has 0 aliphatic carbocycles. The minimum atomic E-state index is -0.485. The zero-order chi connectivity index (χ0) is 13.9. The van der Waals surface area contributed by atoms with Gasteiger partial charge in [0.25, 0.3) is 0 Å². The normalized spacial score (nSPS) is 37.8. The maximum Gasteiger partial charge on any atom is 0.144 e. The molecule has 0 spiro atoms. The molecule has 1 rings (SSSR count). The van der Waals surface area contributed by atoms with Gasteiger partial charge in [-0.1, -0.05) is 6.92 Å². The van der Waals surface area contributed by atoms with Crippen molar-refractivity contribution in [1.29, 1.82) is 0 Å². The van der Waals surface area contributed by atoms with Crippen molar-refractivity contribution in [2.75, 3.05) is 41.5 Å². The highest BCUT2D eigenvalue weighted by Crippen LogP contribution is 2.32. The molecule has 1 saturated heterocycles. The molecule has 5 nitrogen and oxygen atoms in total. The Morgan fingerprint density at radius 1 is 1.22 bits per heavy atom. The van der Waals surface area contributed by atoms with E-state index in [2.05, 4.69) is 0 Å². The summed E-state index contributed by atoms with van der Waals surface area (Å²) in [5.74, 6) is -0.0227.